The van der Waals surface area contributed by atoms with E-state index in [-0.39, 0.29) is 6.29 Å². The van der Waals surface area contributed by atoms with Crippen molar-refractivity contribution in [3.05, 3.63) is 10.2 Å². The van der Waals surface area contributed by atoms with Crippen molar-refractivity contribution in [1.82, 2.24) is 0 Å². The minimum atomic E-state index is 0.0970. The molecule has 2 nitrogen and oxygen atoms in total. The first-order chi connectivity index (χ1) is 9.43. The van der Waals surface area contributed by atoms with Crippen molar-refractivity contribution in [3.8, 4) is 0 Å². The maximum absolute atomic E-state index is 5.72. The standard InChI is InChI=1S/C16H29IO2/c17-13-9-6-4-2-1-3-5-7-10-14-18-16-12-8-11-15-19-16/h9,13,16H,1-8,10-12,14-15H2/b13-9+. The van der Waals surface area contributed by atoms with Crippen LogP contribution in [0.25, 0.3) is 0 Å². The summed E-state index contributed by atoms with van der Waals surface area (Å²) in [7, 11) is 0. The summed E-state index contributed by atoms with van der Waals surface area (Å²) in [4.78, 5) is 0. The lowest BCUT2D eigenvalue weighted by molar-refractivity contribution is -0.162. The molecular formula is C16H29IO2. The summed E-state index contributed by atoms with van der Waals surface area (Å²) in [6.45, 7) is 1.77. The number of allylic oxidation sites excluding steroid dienone is 1. The lowest BCUT2D eigenvalue weighted by Gasteiger charge is -2.22. The molecule has 1 fully saturated rings. The van der Waals surface area contributed by atoms with E-state index in [0.717, 1.165) is 19.6 Å². The van der Waals surface area contributed by atoms with Crippen LogP contribution in [0.2, 0.25) is 0 Å². The predicted molar refractivity (Wildman–Crippen MR) is 89.6 cm³/mol. The van der Waals surface area contributed by atoms with E-state index in [0.29, 0.717) is 0 Å². The van der Waals surface area contributed by atoms with E-state index in [4.69, 9.17) is 9.47 Å². The van der Waals surface area contributed by atoms with Gasteiger partial charge in [-0.2, -0.15) is 0 Å². The number of halogens is 1. The Hall–Kier alpha value is 0.390. The van der Waals surface area contributed by atoms with Crippen LogP contribution in [0.5, 0.6) is 0 Å². The molecule has 0 spiro atoms. The monoisotopic (exact) mass is 380 g/mol. The lowest BCUT2D eigenvalue weighted by Crippen LogP contribution is -2.22. The molecular weight excluding hydrogens is 351 g/mol. The van der Waals surface area contributed by atoms with Crippen LogP contribution in [0.4, 0.5) is 0 Å². The van der Waals surface area contributed by atoms with E-state index < -0.39 is 0 Å². The Bertz CT molecular complexity index is 213. The highest BCUT2D eigenvalue weighted by Gasteiger charge is 2.13. The average Bonchev–Trinajstić information content (AvgIpc) is 2.46. The van der Waals surface area contributed by atoms with Crippen molar-refractivity contribution >= 4 is 22.6 Å². The van der Waals surface area contributed by atoms with Gasteiger partial charge in [-0.05, 0) is 42.6 Å². The molecule has 0 aromatic rings. The highest BCUT2D eigenvalue weighted by Crippen LogP contribution is 2.14. The first-order valence-corrected chi connectivity index (χ1v) is 9.16. The van der Waals surface area contributed by atoms with Crippen molar-refractivity contribution in [2.75, 3.05) is 13.2 Å². The molecule has 1 aliphatic heterocycles. The third kappa shape index (κ3) is 10.8. The quantitative estimate of drug-likeness (QED) is 0.343. The second kappa shape index (κ2) is 13.4. The number of rotatable bonds is 11. The van der Waals surface area contributed by atoms with Gasteiger partial charge in [0.15, 0.2) is 6.29 Å². The van der Waals surface area contributed by atoms with Crippen LogP contribution in [0.1, 0.15) is 70.6 Å². The molecule has 0 aromatic carbocycles. The number of hydrogen-bond acceptors (Lipinski definition) is 2. The number of hydrogen-bond donors (Lipinski definition) is 0. The average molecular weight is 380 g/mol. The van der Waals surface area contributed by atoms with Crippen LogP contribution in [0, 0.1) is 0 Å². The molecule has 112 valence electrons. The van der Waals surface area contributed by atoms with E-state index in [1.807, 2.05) is 0 Å². The number of ether oxygens (including phenoxy) is 2. The van der Waals surface area contributed by atoms with Gasteiger partial charge in [-0.3, -0.25) is 0 Å². The molecule has 0 bridgehead atoms. The molecule has 0 saturated carbocycles. The lowest BCUT2D eigenvalue weighted by atomic mass is 10.1. The Labute approximate surface area is 132 Å². The normalized spacial score (nSPS) is 20.2. The molecule has 0 aromatic heterocycles. The van der Waals surface area contributed by atoms with E-state index in [1.165, 1.54) is 64.2 Å². The van der Waals surface area contributed by atoms with Crippen molar-refractivity contribution in [2.45, 2.75) is 76.9 Å². The summed E-state index contributed by atoms with van der Waals surface area (Å²) in [6.07, 6.45) is 16.5. The molecule has 0 aliphatic carbocycles. The van der Waals surface area contributed by atoms with E-state index in [2.05, 4.69) is 32.7 Å². The molecule has 1 heterocycles. The maximum atomic E-state index is 5.72. The molecule has 1 aliphatic rings. The molecule has 0 amide bonds. The summed E-state index contributed by atoms with van der Waals surface area (Å²) in [5.74, 6) is 0. The molecule has 19 heavy (non-hydrogen) atoms. The fourth-order valence-corrected chi connectivity index (χ4v) is 2.73. The highest BCUT2D eigenvalue weighted by molar-refractivity contribution is 14.1. The summed E-state index contributed by atoms with van der Waals surface area (Å²) in [5.41, 5.74) is 0. The predicted octanol–water partition coefficient (Wildman–Crippen LogP) is 5.60. The Morgan fingerprint density at radius 3 is 2.42 bits per heavy atom. The van der Waals surface area contributed by atoms with Gasteiger partial charge in [-0.15, -0.1) is 0 Å². The second-order valence-corrected chi connectivity index (χ2v) is 6.01. The Balaban J connectivity index is 1.73. The molecule has 1 saturated heterocycles. The van der Waals surface area contributed by atoms with Gasteiger partial charge in [0.1, 0.15) is 0 Å². The third-order valence-corrected chi connectivity index (χ3v) is 4.05. The van der Waals surface area contributed by atoms with Gasteiger partial charge in [0.05, 0.1) is 0 Å². The smallest absolute Gasteiger partial charge is 0.157 e. The minimum Gasteiger partial charge on any atom is -0.353 e. The largest absolute Gasteiger partial charge is 0.353 e. The summed E-state index contributed by atoms with van der Waals surface area (Å²) >= 11 is 2.29. The van der Waals surface area contributed by atoms with Crippen LogP contribution in [0.15, 0.2) is 10.2 Å². The van der Waals surface area contributed by atoms with E-state index >= 15 is 0 Å². The topological polar surface area (TPSA) is 18.5 Å². The van der Waals surface area contributed by atoms with Crippen molar-refractivity contribution < 1.29 is 9.47 Å². The van der Waals surface area contributed by atoms with E-state index in [1.54, 1.807) is 0 Å². The van der Waals surface area contributed by atoms with Gasteiger partial charge in [0.25, 0.3) is 0 Å². The summed E-state index contributed by atoms with van der Waals surface area (Å²) < 4.78 is 13.4. The second-order valence-electron chi connectivity index (χ2n) is 5.29. The fraction of sp³-hybridized carbons (Fsp3) is 0.875. The molecule has 3 heteroatoms. The molecule has 0 N–H and O–H groups in total. The van der Waals surface area contributed by atoms with Crippen molar-refractivity contribution in [2.24, 2.45) is 0 Å². The van der Waals surface area contributed by atoms with Crippen LogP contribution in [-0.2, 0) is 9.47 Å². The summed E-state index contributed by atoms with van der Waals surface area (Å²) in [6, 6.07) is 0. The Morgan fingerprint density at radius 1 is 1.00 bits per heavy atom. The van der Waals surface area contributed by atoms with Gasteiger partial charge in [0, 0.05) is 13.2 Å². The zero-order valence-electron chi connectivity index (χ0n) is 12.1. The van der Waals surface area contributed by atoms with Crippen LogP contribution in [0.3, 0.4) is 0 Å². The first-order valence-electron chi connectivity index (χ1n) is 7.92. The molecule has 1 rings (SSSR count). The van der Waals surface area contributed by atoms with E-state index in [9.17, 15) is 0 Å². The van der Waals surface area contributed by atoms with Crippen LogP contribution in [-0.4, -0.2) is 19.5 Å². The van der Waals surface area contributed by atoms with Crippen LogP contribution >= 0.6 is 22.6 Å². The molecule has 0 radical (unpaired) electrons. The van der Waals surface area contributed by atoms with Gasteiger partial charge < -0.3 is 9.47 Å². The van der Waals surface area contributed by atoms with Crippen molar-refractivity contribution in [1.29, 1.82) is 0 Å². The van der Waals surface area contributed by atoms with Gasteiger partial charge in [-0.1, -0.05) is 60.8 Å². The number of unbranched alkanes of at least 4 members (excludes halogenated alkanes) is 7. The van der Waals surface area contributed by atoms with Gasteiger partial charge in [-0.25, -0.2) is 0 Å². The molecule has 1 unspecified atom stereocenters. The third-order valence-electron chi connectivity index (χ3n) is 3.55. The van der Waals surface area contributed by atoms with Crippen molar-refractivity contribution in [3.63, 3.8) is 0 Å². The summed E-state index contributed by atoms with van der Waals surface area (Å²) in [5, 5.41) is 0. The van der Waals surface area contributed by atoms with Crippen LogP contribution < -0.4 is 0 Å². The highest BCUT2D eigenvalue weighted by atomic mass is 127. The molecule has 1 atom stereocenters. The maximum Gasteiger partial charge on any atom is 0.157 e. The fourth-order valence-electron chi connectivity index (χ4n) is 2.37. The minimum absolute atomic E-state index is 0.0970. The SMILES string of the molecule is I/C=C/CCCCCCCCCOC1CCCCO1. The van der Waals surface area contributed by atoms with Gasteiger partial charge in [0.2, 0.25) is 0 Å². The Kier molecular flexibility index (Phi) is 12.3. The zero-order valence-corrected chi connectivity index (χ0v) is 14.3. The van der Waals surface area contributed by atoms with Gasteiger partial charge >= 0.3 is 0 Å². The first kappa shape index (κ1) is 17.4. The zero-order chi connectivity index (χ0) is 13.6. The Morgan fingerprint density at radius 2 is 1.74 bits per heavy atom.